The van der Waals surface area contributed by atoms with E-state index in [1.807, 2.05) is 6.07 Å². The van der Waals surface area contributed by atoms with Gasteiger partial charge in [0, 0.05) is 27.8 Å². The molecule has 0 saturated heterocycles. The van der Waals surface area contributed by atoms with Crippen LogP contribution in [-0.4, -0.2) is 15.6 Å². The topological polar surface area (TPSA) is 34.9 Å². The van der Waals surface area contributed by atoms with E-state index in [1.54, 1.807) is 36.3 Å². The van der Waals surface area contributed by atoms with Crippen molar-refractivity contribution in [1.82, 2.24) is 9.78 Å². The minimum atomic E-state index is -0.0323. The van der Waals surface area contributed by atoms with E-state index in [4.69, 9.17) is 0 Å². The van der Waals surface area contributed by atoms with Crippen molar-refractivity contribution in [2.75, 3.05) is 0 Å². The van der Waals surface area contributed by atoms with Gasteiger partial charge in [0.1, 0.15) is 0 Å². The number of halogens is 2. The van der Waals surface area contributed by atoms with Crippen LogP contribution in [0.15, 0.2) is 39.5 Å². The number of benzene rings is 1. The van der Waals surface area contributed by atoms with Gasteiger partial charge in [0.15, 0.2) is 5.78 Å². The molecule has 0 fully saturated rings. The first-order valence-corrected chi connectivity index (χ1v) is 6.14. The lowest BCUT2D eigenvalue weighted by Gasteiger charge is -2.00. The Labute approximate surface area is 110 Å². The lowest BCUT2D eigenvalue weighted by Crippen LogP contribution is -2.00. The van der Waals surface area contributed by atoms with E-state index >= 15 is 0 Å². The van der Waals surface area contributed by atoms with E-state index in [1.165, 1.54) is 0 Å². The molecular formula is C11H8Br2N2O. The smallest absolute Gasteiger partial charge is 0.196 e. The van der Waals surface area contributed by atoms with Crippen LogP contribution in [-0.2, 0) is 7.05 Å². The van der Waals surface area contributed by atoms with Crippen molar-refractivity contribution in [3.05, 3.63) is 50.7 Å². The Hall–Kier alpha value is -0.940. The van der Waals surface area contributed by atoms with E-state index in [0.29, 0.717) is 11.1 Å². The van der Waals surface area contributed by atoms with Gasteiger partial charge in [-0.3, -0.25) is 9.48 Å². The number of aromatic nitrogens is 2. The number of carbonyl (C=O) groups is 1. The lowest BCUT2D eigenvalue weighted by molar-refractivity contribution is 0.103. The largest absolute Gasteiger partial charge is 0.288 e. The Kier molecular flexibility index (Phi) is 3.25. The maximum absolute atomic E-state index is 12.1. The van der Waals surface area contributed by atoms with Gasteiger partial charge in [-0.05, 0) is 18.2 Å². The number of aryl methyl sites for hydroxylation is 1. The molecule has 0 aliphatic heterocycles. The molecule has 2 rings (SSSR count). The molecule has 1 aromatic carbocycles. The molecule has 0 spiro atoms. The lowest BCUT2D eigenvalue weighted by atomic mass is 10.1. The van der Waals surface area contributed by atoms with E-state index in [-0.39, 0.29) is 5.78 Å². The first-order valence-electron chi connectivity index (χ1n) is 4.56. The maximum Gasteiger partial charge on any atom is 0.196 e. The molecule has 0 bridgehead atoms. The average Bonchev–Trinajstić information content (AvgIpc) is 2.62. The molecular weight excluding hydrogens is 336 g/mol. The van der Waals surface area contributed by atoms with Gasteiger partial charge in [0.2, 0.25) is 0 Å². The molecule has 16 heavy (non-hydrogen) atoms. The number of ketones is 1. The summed E-state index contributed by atoms with van der Waals surface area (Å²) in [6.45, 7) is 0. The molecule has 5 heteroatoms. The molecule has 0 unspecified atom stereocenters. The maximum atomic E-state index is 12.1. The highest BCUT2D eigenvalue weighted by molar-refractivity contribution is 9.11. The Bertz CT molecular complexity index is 528. The molecule has 0 aliphatic rings. The molecule has 2 aromatic rings. The van der Waals surface area contributed by atoms with E-state index < -0.39 is 0 Å². The van der Waals surface area contributed by atoms with Crippen LogP contribution in [0.2, 0.25) is 0 Å². The van der Waals surface area contributed by atoms with Gasteiger partial charge < -0.3 is 0 Å². The molecule has 1 heterocycles. The number of rotatable bonds is 2. The summed E-state index contributed by atoms with van der Waals surface area (Å²) < 4.78 is 3.35. The van der Waals surface area contributed by atoms with Gasteiger partial charge in [-0.1, -0.05) is 31.9 Å². The molecule has 0 saturated carbocycles. The SMILES string of the molecule is Cn1cc(C(=O)c2cc(Br)cc(Br)c2)cn1. The summed E-state index contributed by atoms with van der Waals surface area (Å²) in [5.41, 5.74) is 1.22. The van der Waals surface area contributed by atoms with Crippen molar-refractivity contribution in [1.29, 1.82) is 0 Å². The summed E-state index contributed by atoms with van der Waals surface area (Å²) >= 11 is 6.71. The summed E-state index contributed by atoms with van der Waals surface area (Å²) in [5, 5.41) is 3.98. The van der Waals surface area contributed by atoms with Gasteiger partial charge in [-0.25, -0.2) is 0 Å². The Morgan fingerprint density at radius 3 is 2.31 bits per heavy atom. The van der Waals surface area contributed by atoms with Crippen LogP contribution in [0.4, 0.5) is 0 Å². The second-order valence-electron chi connectivity index (χ2n) is 3.39. The number of hydrogen-bond acceptors (Lipinski definition) is 2. The van der Waals surface area contributed by atoms with Crippen LogP contribution in [0.1, 0.15) is 15.9 Å². The van der Waals surface area contributed by atoms with E-state index in [2.05, 4.69) is 37.0 Å². The quantitative estimate of drug-likeness (QED) is 0.785. The van der Waals surface area contributed by atoms with Crippen LogP contribution in [0.25, 0.3) is 0 Å². The average molecular weight is 344 g/mol. The minimum Gasteiger partial charge on any atom is -0.288 e. The van der Waals surface area contributed by atoms with Crippen molar-refractivity contribution in [2.24, 2.45) is 7.05 Å². The number of carbonyl (C=O) groups excluding carboxylic acids is 1. The summed E-state index contributed by atoms with van der Waals surface area (Å²) in [4.78, 5) is 12.1. The molecule has 0 atom stereocenters. The highest BCUT2D eigenvalue weighted by Crippen LogP contribution is 2.21. The van der Waals surface area contributed by atoms with Gasteiger partial charge in [-0.2, -0.15) is 5.10 Å². The Balaban J connectivity index is 2.41. The number of hydrogen-bond donors (Lipinski definition) is 0. The van der Waals surface area contributed by atoms with E-state index in [0.717, 1.165) is 8.95 Å². The van der Waals surface area contributed by atoms with Crippen LogP contribution >= 0.6 is 31.9 Å². The van der Waals surface area contributed by atoms with Gasteiger partial charge in [0.25, 0.3) is 0 Å². The fraction of sp³-hybridized carbons (Fsp3) is 0.0909. The summed E-state index contributed by atoms with van der Waals surface area (Å²) in [7, 11) is 1.79. The third-order valence-electron chi connectivity index (χ3n) is 2.09. The molecule has 0 radical (unpaired) electrons. The first-order chi connectivity index (χ1) is 7.56. The van der Waals surface area contributed by atoms with Crippen molar-refractivity contribution in [3.8, 4) is 0 Å². The zero-order valence-corrected chi connectivity index (χ0v) is 11.6. The third-order valence-corrected chi connectivity index (χ3v) is 3.01. The highest BCUT2D eigenvalue weighted by atomic mass is 79.9. The second-order valence-corrected chi connectivity index (χ2v) is 5.22. The van der Waals surface area contributed by atoms with Crippen LogP contribution < -0.4 is 0 Å². The monoisotopic (exact) mass is 342 g/mol. The summed E-state index contributed by atoms with van der Waals surface area (Å²) in [6, 6.07) is 5.47. The van der Waals surface area contributed by atoms with Crippen molar-refractivity contribution in [2.45, 2.75) is 0 Å². The molecule has 0 amide bonds. The van der Waals surface area contributed by atoms with Gasteiger partial charge in [0.05, 0.1) is 11.8 Å². The number of nitrogens with zero attached hydrogens (tertiary/aromatic N) is 2. The predicted molar refractivity (Wildman–Crippen MR) is 68.5 cm³/mol. The van der Waals surface area contributed by atoms with Gasteiger partial charge in [-0.15, -0.1) is 0 Å². The third kappa shape index (κ3) is 2.41. The molecule has 82 valence electrons. The minimum absolute atomic E-state index is 0.0323. The summed E-state index contributed by atoms with van der Waals surface area (Å²) in [5.74, 6) is -0.0323. The van der Waals surface area contributed by atoms with Gasteiger partial charge >= 0.3 is 0 Å². The van der Waals surface area contributed by atoms with Crippen molar-refractivity contribution >= 4 is 37.6 Å². The standard InChI is InChI=1S/C11H8Br2N2O/c1-15-6-8(5-14-15)11(16)7-2-9(12)4-10(13)3-7/h2-6H,1H3. The van der Waals surface area contributed by atoms with Crippen LogP contribution in [0.5, 0.6) is 0 Å². The van der Waals surface area contributed by atoms with Crippen LogP contribution in [0, 0.1) is 0 Å². The second kappa shape index (κ2) is 4.51. The summed E-state index contributed by atoms with van der Waals surface area (Å²) in [6.07, 6.45) is 3.27. The molecule has 1 aromatic heterocycles. The first kappa shape index (κ1) is 11.5. The van der Waals surface area contributed by atoms with Crippen LogP contribution in [0.3, 0.4) is 0 Å². The Morgan fingerprint density at radius 1 is 1.19 bits per heavy atom. The predicted octanol–water partition coefficient (Wildman–Crippen LogP) is 3.18. The highest BCUT2D eigenvalue weighted by Gasteiger charge is 2.11. The molecule has 3 nitrogen and oxygen atoms in total. The fourth-order valence-electron chi connectivity index (χ4n) is 1.39. The van der Waals surface area contributed by atoms with Crippen molar-refractivity contribution in [3.63, 3.8) is 0 Å². The fourth-order valence-corrected chi connectivity index (χ4v) is 2.68. The molecule has 0 N–H and O–H groups in total. The van der Waals surface area contributed by atoms with E-state index in [9.17, 15) is 4.79 Å². The van der Waals surface area contributed by atoms with Crippen molar-refractivity contribution < 1.29 is 4.79 Å². The Morgan fingerprint density at radius 2 is 1.81 bits per heavy atom. The zero-order chi connectivity index (χ0) is 11.7. The molecule has 0 aliphatic carbocycles. The zero-order valence-electron chi connectivity index (χ0n) is 8.45. The normalized spacial score (nSPS) is 10.4.